The van der Waals surface area contributed by atoms with Gasteiger partial charge in [0.2, 0.25) is 10.0 Å². The quantitative estimate of drug-likeness (QED) is 0.651. The smallest absolute Gasteiger partial charge is 0.324 e. The molecule has 116 valence electrons. The molecule has 20 heavy (non-hydrogen) atoms. The standard InChI is InChI=1S/C11H19NO6S2/c1-18-11(13)10-3-2-6-12(10)20(16,17)9-4-7-19(14,15)8-5-9/h9-10H,2-8H2,1H3. The third kappa shape index (κ3) is 2.99. The number of hydrogen-bond donors (Lipinski definition) is 0. The summed E-state index contributed by atoms with van der Waals surface area (Å²) in [6, 6.07) is -0.761. The van der Waals surface area contributed by atoms with E-state index in [4.69, 9.17) is 0 Å². The number of sulfone groups is 1. The van der Waals surface area contributed by atoms with Crippen LogP contribution in [0.4, 0.5) is 0 Å². The van der Waals surface area contributed by atoms with Crippen LogP contribution in [-0.4, -0.2) is 63.6 Å². The average Bonchev–Trinajstić information content (AvgIpc) is 2.87. The Labute approximate surface area is 119 Å². The van der Waals surface area contributed by atoms with Crippen molar-refractivity contribution in [2.24, 2.45) is 0 Å². The van der Waals surface area contributed by atoms with Crippen molar-refractivity contribution in [1.29, 1.82) is 0 Å². The average molecular weight is 325 g/mol. The lowest BCUT2D eigenvalue weighted by Gasteiger charge is -2.29. The summed E-state index contributed by atoms with van der Waals surface area (Å²) in [5.41, 5.74) is 0. The van der Waals surface area contributed by atoms with Gasteiger partial charge >= 0.3 is 5.97 Å². The van der Waals surface area contributed by atoms with Crippen molar-refractivity contribution in [2.45, 2.75) is 37.0 Å². The van der Waals surface area contributed by atoms with Crippen LogP contribution in [-0.2, 0) is 29.4 Å². The number of hydrogen-bond acceptors (Lipinski definition) is 6. The molecule has 0 aromatic carbocycles. The van der Waals surface area contributed by atoms with E-state index in [-0.39, 0.29) is 24.3 Å². The zero-order chi connectivity index (χ0) is 15.0. The summed E-state index contributed by atoms with van der Waals surface area (Å²) in [5.74, 6) is -0.754. The summed E-state index contributed by atoms with van der Waals surface area (Å²) in [5, 5.41) is -0.712. The monoisotopic (exact) mass is 325 g/mol. The third-order valence-electron chi connectivity index (χ3n) is 3.93. The van der Waals surface area contributed by atoms with E-state index in [1.165, 1.54) is 11.4 Å². The molecule has 9 heteroatoms. The molecule has 2 rings (SSSR count). The summed E-state index contributed by atoms with van der Waals surface area (Å²) >= 11 is 0. The molecule has 2 heterocycles. The third-order valence-corrected chi connectivity index (χ3v) is 8.05. The second kappa shape index (κ2) is 5.61. The Morgan fingerprint density at radius 2 is 1.80 bits per heavy atom. The molecule has 2 aliphatic heterocycles. The zero-order valence-electron chi connectivity index (χ0n) is 11.3. The van der Waals surface area contributed by atoms with Crippen LogP contribution in [0.3, 0.4) is 0 Å². The van der Waals surface area contributed by atoms with Gasteiger partial charge in [-0.1, -0.05) is 0 Å². The Bertz CT molecular complexity index is 568. The van der Waals surface area contributed by atoms with E-state index < -0.39 is 37.1 Å². The Morgan fingerprint density at radius 1 is 1.20 bits per heavy atom. The van der Waals surface area contributed by atoms with Crippen LogP contribution < -0.4 is 0 Å². The molecule has 1 atom stereocenters. The summed E-state index contributed by atoms with van der Waals surface area (Å²) in [6.45, 7) is 0.297. The van der Waals surface area contributed by atoms with Gasteiger partial charge in [0.1, 0.15) is 15.9 Å². The fraction of sp³-hybridized carbons (Fsp3) is 0.909. The van der Waals surface area contributed by atoms with Crippen molar-refractivity contribution in [3.05, 3.63) is 0 Å². The number of ether oxygens (including phenoxy) is 1. The Balaban J connectivity index is 2.16. The van der Waals surface area contributed by atoms with Crippen LogP contribution in [0.2, 0.25) is 0 Å². The van der Waals surface area contributed by atoms with Crippen molar-refractivity contribution in [2.75, 3.05) is 25.2 Å². The number of sulfonamides is 1. The molecule has 0 N–H and O–H groups in total. The fourth-order valence-electron chi connectivity index (χ4n) is 2.77. The second-order valence-corrected chi connectivity index (χ2v) is 9.66. The fourth-order valence-corrected chi connectivity index (χ4v) is 6.71. The Morgan fingerprint density at radius 3 is 2.35 bits per heavy atom. The lowest BCUT2D eigenvalue weighted by atomic mass is 10.2. The number of carbonyl (C=O) groups excluding carboxylic acids is 1. The maximum Gasteiger partial charge on any atom is 0.324 e. The molecule has 7 nitrogen and oxygen atoms in total. The first-order valence-electron chi connectivity index (χ1n) is 6.57. The van der Waals surface area contributed by atoms with Crippen molar-refractivity contribution in [3.63, 3.8) is 0 Å². The number of nitrogens with zero attached hydrogens (tertiary/aromatic N) is 1. The molecule has 2 saturated heterocycles. The molecule has 0 aromatic rings. The highest BCUT2D eigenvalue weighted by molar-refractivity contribution is 7.92. The lowest BCUT2D eigenvalue weighted by Crippen LogP contribution is -2.47. The van der Waals surface area contributed by atoms with Gasteiger partial charge in [-0.15, -0.1) is 0 Å². The maximum absolute atomic E-state index is 12.6. The van der Waals surface area contributed by atoms with Crippen molar-refractivity contribution < 1.29 is 26.4 Å². The highest BCUT2D eigenvalue weighted by atomic mass is 32.2. The van der Waals surface area contributed by atoms with E-state index in [1.807, 2.05) is 0 Å². The molecule has 2 fully saturated rings. The highest BCUT2D eigenvalue weighted by Gasteiger charge is 2.44. The molecular weight excluding hydrogens is 306 g/mol. The van der Waals surface area contributed by atoms with Gasteiger partial charge in [-0.3, -0.25) is 4.79 Å². The number of rotatable bonds is 3. The molecule has 0 spiro atoms. The van der Waals surface area contributed by atoms with Crippen LogP contribution in [0.1, 0.15) is 25.7 Å². The van der Waals surface area contributed by atoms with Gasteiger partial charge in [0.05, 0.1) is 23.9 Å². The normalized spacial score (nSPS) is 28.4. The van der Waals surface area contributed by atoms with E-state index >= 15 is 0 Å². The maximum atomic E-state index is 12.6. The topological polar surface area (TPSA) is 97.8 Å². The first kappa shape index (κ1) is 15.7. The zero-order valence-corrected chi connectivity index (χ0v) is 13.0. The molecule has 0 amide bonds. The molecule has 0 bridgehead atoms. The Kier molecular flexibility index (Phi) is 4.41. The van der Waals surface area contributed by atoms with Crippen LogP contribution in [0, 0.1) is 0 Å². The van der Waals surface area contributed by atoms with E-state index in [0.717, 1.165) is 0 Å². The van der Waals surface area contributed by atoms with Crippen LogP contribution in [0.5, 0.6) is 0 Å². The molecule has 2 aliphatic rings. The Hall–Kier alpha value is -0.670. The second-order valence-electron chi connectivity index (χ2n) is 5.19. The van der Waals surface area contributed by atoms with Crippen LogP contribution >= 0.6 is 0 Å². The van der Waals surface area contributed by atoms with E-state index in [0.29, 0.717) is 19.4 Å². The van der Waals surface area contributed by atoms with Gasteiger partial charge in [-0.25, -0.2) is 16.8 Å². The van der Waals surface area contributed by atoms with Gasteiger partial charge in [0.25, 0.3) is 0 Å². The van der Waals surface area contributed by atoms with Crippen molar-refractivity contribution in [1.82, 2.24) is 4.31 Å². The highest BCUT2D eigenvalue weighted by Crippen LogP contribution is 2.29. The predicted octanol–water partition coefficient (Wildman–Crippen LogP) is -0.469. The molecular formula is C11H19NO6S2. The minimum absolute atomic E-state index is 0.104. The lowest BCUT2D eigenvalue weighted by molar-refractivity contribution is -0.144. The van der Waals surface area contributed by atoms with E-state index in [1.54, 1.807) is 0 Å². The van der Waals surface area contributed by atoms with Gasteiger partial charge in [0.15, 0.2) is 0 Å². The number of esters is 1. The summed E-state index contributed by atoms with van der Waals surface area (Å²) in [7, 11) is -5.52. The molecule has 1 unspecified atom stereocenters. The molecule has 0 aromatic heterocycles. The van der Waals surface area contributed by atoms with Crippen molar-refractivity contribution >= 4 is 25.8 Å². The summed E-state index contributed by atoms with van der Waals surface area (Å²) in [6.07, 6.45) is 1.28. The first-order chi connectivity index (χ1) is 9.28. The minimum atomic E-state index is -3.65. The largest absolute Gasteiger partial charge is 0.468 e. The van der Waals surface area contributed by atoms with Gasteiger partial charge in [-0.05, 0) is 25.7 Å². The number of methoxy groups -OCH3 is 1. The van der Waals surface area contributed by atoms with Gasteiger partial charge < -0.3 is 4.74 Å². The molecule has 0 aliphatic carbocycles. The predicted molar refractivity (Wildman–Crippen MR) is 72.3 cm³/mol. The van der Waals surface area contributed by atoms with E-state index in [2.05, 4.69) is 4.74 Å². The SMILES string of the molecule is COC(=O)C1CCCN1S(=O)(=O)C1CCS(=O)(=O)CC1. The molecule has 0 saturated carbocycles. The number of carbonyl (C=O) groups is 1. The van der Waals surface area contributed by atoms with Crippen molar-refractivity contribution in [3.8, 4) is 0 Å². The minimum Gasteiger partial charge on any atom is -0.468 e. The van der Waals surface area contributed by atoms with Gasteiger partial charge in [-0.2, -0.15) is 4.31 Å². The summed E-state index contributed by atoms with van der Waals surface area (Å²) < 4.78 is 53.7. The van der Waals surface area contributed by atoms with Crippen LogP contribution in [0.15, 0.2) is 0 Å². The van der Waals surface area contributed by atoms with Gasteiger partial charge in [0, 0.05) is 6.54 Å². The first-order valence-corrected chi connectivity index (χ1v) is 9.89. The summed E-state index contributed by atoms with van der Waals surface area (Å²) in [4.78, 5) is 11.6. The molecule has 0 radical (unpaired) electrons. The van der Waals surface area contributed by atoms with E-state index in [9.17, 15) is 21.6 Å². The van der Waals surface area contributed by atoms with Crippen LogP contribution in [0.25, 0.3) is 0 Å².